The number of aromatic nitrogens is 2. The number of Topliss-reactive ketones (excluding diaryl/α,β-unsaturated/α-hetero) is 1. The van der Waals surface area contributed by atoms with E-state index in [1.807, 2.05) is 19.9 Å². The van der Waals surface area contributed by atoms with Gasteiger partial charge >= 0.3 is 0 Å². The number of hydrogen-bond donors (Lipinski definition) is 0. The van der Waals surface area contributed by atoms with Crippen molar-refractivity contribution in [1.82, 2.24) is 9.97 Å². The zero-order valence-electron chi connectivity index (χ0n) is 17.1. The summed E-state index contributed by atoms with van der Waals surface area (Å²) in [7, 11) is 0. The normalized spacial score (nSPS) is 34.0. The van der Waals surface area contributed by atoms with Crippen LogP contribution in [0.25, 0.3) is 0 Å². The van der Waals surface area contributed by atoms with Crippen LogP contribution in [0.4, 0.5) is 0 Å². The van der Waals surface area contributed by atoms with Gasteiger partial charge in [0.05, 0.1) is 17.9 Å². The number of fused-ring (bicyclic) bond motifs is 2. The van der Waals surface area contributed by atoms with Crippen LogP contribution in [0.15, 0.2) is 11.6 Å². The number of nitriles is 1. The molecule has 0 saturated heterocycles. The van der Waals surface area contributed by atoms with Gasteiger partial charge in [0.1, 0.15) is 11.9 Å². The van der Waals surface area contributed by atoms with Gasteiger partial charge in [-0.25, -0.2) is 4.98 Å². The summed E-state index contributed by atoms with van der Waals surface area (Å²) in [5, 5.41) is 9.59. The molecular formula is C22H27N3O2. The average Bonchev–Trinajstić information content (AvgIpc) is 3.23. The lowest BCUT2D eigenvalue weighted by Crippen LogP contribution is -2.47. The van der Waals surface area contributed by atoms with Gasteiger partial charge in [-0.3, -0.25) is 4.79 Å². The van der Waals surface area contributed by atoms with E-state index in [-0.39, 0.29) is 22.2 Å². The third-order valence-electron chi connectivity index (χ3n) is 7.09. The van der Waals surface area contributed by atoms with E-state index in [0.717, 1.165) is 36.3 Å². The second-order valence-corrected chi connectivity index (χ2v) is 9.65. The second kappa shape index (κ2) is 5.19. The van der Waals surface area contributed by atoms with Gasteiger partial charge < -0.3 is 4.74 Å². The van der Waals surface area contributed by atoms with Gasteiger partial charge in [0.25, 0.3) is 0 Å². The van der Waals surface area contributed by atoms with Gasteiger partial charge in [0, 0.05) is 21.8 Å². The molecule has 1 heterocycles. The molecule has 3 atom stereocenters. The molecule has 1 aromatic rings. The van der Waals surface area contributed by atoms with E-state index in [1.165, 1.54) is 0 Å². The van der Waals surface area contributed by atoms with Crippen molar-refractivity contribution < 1.29 is 9.53 Å². The molecule has 4 rings (SSSR count). The van der Waals surface area contributed by atoms with E-state index >= 15 is 0 Å². The summed E-state index contributed by atoms with van der Waals surface area (Å²) in [6.45, 7) is 13.0. The highest BCUT2D eigenvalue weighted by Crippen LogP contribution is 2.78. The molecule has 5 heteroatoms. The van der Waals surface area contributed by atoms with Crippen molar-refractivity contribution in [2.75, 3.05) is 6.61 Å². The number of nitrogens with zero attached hydrogens (tertiary/aromatic N) is 3. The maximum Gasteiger partial charge on any atom is 0.220 e. The molecule has 1 unspecified atom stereocenters. The van der Waals surface area contributed by atoms with E-state index in [0.29, 0.717) is 12.5 Å². The lowest BCUT2D eigenvalue weighted by atomic mass is 9.57. The summed E-state index contributed by atoms with van der Waals surface area (Å²) in [4.78, 5) is 22.6. The molecule has 0 aliphatic heterocycles. The van der Waals surface area contributed by atoms with Crippen LogP contribution in [0.3, 0.4) is 0 Å². The summed E-state index contributed by atoms with van der Waals surface area (Å²) >= 11 is 0. The highest BCUT2D eigenvalue weighted by molar-refractivity contribution is 6.07. The number of hydrogen-bond acceptors (Lipinski definition) is 5. The summed E-state index contributed by atoms with van der Waals surface area (Å²) in [5.41, 5.74) is 0.963. The molecule has 0 radical (unpaired) electrons. The molecule has 1 aromatic heterocycles. The van der Waals surface area contributed by atoms with E-state index in [1.54, 1.807) is 0 Å². The van der Waals surface area contributed by atoms with Gasteiger partial charge in [-0.15, -0.1) is 0 Å². The second-order valence-electron chi connectivity index (χ2n) is 9.65. The van der Waals surface area contributed by atoms with E-state index < -0.39 is 10.8 Å². The molecule has 1 spiro atoms. The molecule has 5 nitrogen and oxygen atoms in total. The maximum atomic E-state index is 12.9. The minimum atomic E-state index is -0.460. The van der Waals surface area contributed by atoms with E-state index in [2.05, 4.69) is 33.8 Å². The summed E-state index contributed by atoms with van der Waals surface area (Å²) in [6, 6.07) is 2.14. The Balaban J connectivity index is 2.02. The van der Waals surface area contributed by atoms with Gasteiger partial charge in [0.15, 0.2) is 5.78 Å². The third kappa shape index (κ3) is 2.07. The highest BCUT2D eigenvalue weighted by Gasteiger charge is 2.78. The first-order valence-corrected chi connectivity index (χ1v) is 9.76. The topological polar surface area (TPSA) is 75.9 Å². The summed E-state index contributed by atoms with van der Waals surface area (Å²) in [5.74, 6) is 1.41. The van der Waals surface area contributed by atoms with Gasteiger partial charge in [-0.2, -0.15) is 10.2 Å². The molecule has 0 aromatic carbocycles. The third-order valence-corrected chi connectivity index (χ3v) is 7.09. The lowest BCUT2D eigenvalue weighted by Gasteiger charge is -2.46. The number of carbonyl (C=O) groups is 1. The van der Waals surface area contributed by atoms with Gasteiger partial charge in [-0.05, 0) is 38.5 Å². The maximum absolute atomic E-state index is 12.9. The molecule has 3 aliphatic rings. The molecule has 142 valence electrons. The standard InChI is InChI=1S/C22H27N3O2/c1-7-27-17-14-8-9-22-12-21(22,6)16(26)13(11-23)10-20(22,5)15(14)24-18(25-17)19(2,3)4/h10H,7-9,12H2,1-6H3/t20-,21?,22+/m1/s1. The van der Waals surface area contributed by atoms with Crippen molar-refractivity contribution in [2.24, 2.45) is 10.8 Å². The van der Waals surface area contributed by atoms with Crippen LogP contribution in [0.5, 0.6) is 5.88 Å². The fraction of sp³-hybridized carbons (Fsp3) is 0.636. The van der Waals surface area contributed by atoms with Crippen LogP contribution in [0.1, 0.15) is 71.5 Å². The van der Waals surface area contributed by atoms with Crippen LogP contribution < -0.4 is 4.74 Å². The number of rotatable bonds is 2. The Labute approximate surface area is 160 Å². The first-order valence-electron chi connectivity index (χ1n) is 9.76. The molecule has 3 aliphatic carbocycles. The number of ketones is 1. The molecule has 27 heavy (non-hydrogen) atoms. The quantitative estimate of drug-likeness (QED) is 0.797. The minimum Gasteiger partial charge on any atom is -0.478 e. The molecule has 1 saturated carbocycles. The van der Waals surface area contributed by atoms with Crippen molar-refractivity contribution >= 4 is 5.78 Å². The predicted molar refractivity (Wildman–Crippen MR) is 101 cm³/mol. The van der Waals surface area contributed by atoms with Crippen molar-refractivity contribution in [3.63, 3.8) is 0 Å². The Kier molecular flexibility index (Phi) is 3.49. The summed E-state index contributed by atoms with van der Waals surface area (Å²) in [6.07, 6.45) is 4.40. The van der Waals surface area contributed by atoms with Crippen LogP contribution in [0.2, 0.25) is 0 Å². The molecule has 0 N–H and O–H groups in total. The fourth-order valence-corrected chi connectivity index (χ4v) is 5.45. The number of carbonyl (C=O) groups excluding carboxylic acids is 1. The van der Waals surface area contributed by atoms with Crippen LogP contribution in [-0.2, 0) is 22.0 Å². The monoisotopic (exact) mass is 365 g/mol. The zero-order chi connectivity index (χ0) is 19.8. The van der Waals surface area contributed by atoms with E-state index in [4.69, 9.17) is 14.7 Å². The Morgan fingerprint density at radius 2 is 2.00 bits per heavy atom. The minimum absolute atomic E-state index is 0.000979. The van der Waals surface area contributed by atoms with Crippen LogP contribution in [-0.4, -0.2) is 22.4 Å². The average molecular weight is 365 g/mol. The van der Waals surface area contributed by atoms with Crippen LogP contribution >= 0.6 is 0 Å². The van der Waals surface area contributed by atoms with E-state index in [9.17, 15) is 10.1 Å². The Hall–Kier alpha value is -2.22. The van der Waals surface area contributed by atoms with Gasteiger partial charge in [0.2, 0.25) is 5.88 Å². The van der Waals surface area contributed by atoms with Crippen molar-refractivity contribution in [1.29, 1.82) is 5.26 Å². The Bertz CT molecular complexity index is 936. The first-order chi connectivity index (χ1) is 12.5. The Morgan fingerprint density at radius 1 is 1.30 bits per heavy atom. The molecule has 0 amide bonds. The lowest BCUT2D eigenvalue weighted by molar-refractivity contribution is -0.122. The SMILES string of the molecule is CCOc1nc(C(C)(C)C)nc2c1CC[C@@]13CC1(C)C(=O)C(C#N)=C[C@]23C. The first kappa shape index (κ1) is 18.2. The highest BCUT2D eigenvalue weighted by atomic mass is 16.5. The zero-order valence-corrected chi connectivity index (χ0v) is 17.1. The fourth-order valence-electron chi connectivity index (χ4n) is 5.45. The molecule has 0 bridgehead atoms. The largest absolute Gasteiger partial charge is 0.478 e. The van der Waals surface area contributed by atoms with Crippen molar-refractivity contribution in [2.45, 2.75) is 71.6 Å². The Morgan fingerprint density at radius 3 is 2.59 bits per heavy atom. The van der Waals surface area contributed by atoms with Crippen molar-refractivity contribution in [3.05, 3.63) is 28.7 Å². The molecular weight excluding hydrogens is 338 g/mol. The predicted octanol–water partition coefficient (Wildman–Crippen LogP) is 3.81. The smallest absolute Gasteiger partial charge is 0.220 e. The van der Waals surface area contributed by atoms with Crippen LogP contribution in [0, 0.1) is 22.2 Å². The molecule has 1 fully saturated rings. The van der Waals surface area contributed by atoms with Gasteiger partial charge in [-0.1, -0.05) is 33.8 Å². The van der Waals surface area contributed by atoms with Crippen molar-refractivity contribution in [3.8, 4) is 11.9 Å². The number of allylic oxidation sites excluding steroid dienone is 2. The number of ether oxygens (including phenoxy) is 1. The summed E-state index contributed by atoms with van der Waals surface area (Å²) < 4.78 is 5.91.